The van der Waals surface area contributed by atoms with Crippen LogP contribution in [-0.2, 0) is 0 Å². The van der Waals surface area contributed by atoms with Gasteiger partial charge < -0.3 is 10.2 Å². The summed E-state index contributed by atoms with van der Waals surface area (Å²) in [4.78, 5) is 0. The molecule has 0 bridgehead atoms. The quantitative estimate of drug-likeness (QED) is 0.798. The van der Waals surface area contributed by atoms with Crippen LogP contribution in [0.5, 0.6) is 0 Å². The molecule has 1 aliphatic carbocycles. The molecule has 0 spiro atoms. The van der Waals surface area contributed by atoms with Crippen LogP contribution in [0.25, 0.3) is 0 Å². The van der Waals surface area contributed by atoms with E-state index in [-0.39, 0.29) is 5.54 Å². The fraction of sp³-hybridized carbons (Fsp3) is 0.667. The first-order valence-corrected chi connectivity index (χ1v) is 5.44. The summed E-state index contributed by atoms with van der Waals surface area (Å²) in [5.74, 6) is 2.61. The predicted molar refractivity (Wildman–Crippen MR) is 57.2 cm³/mol. The Labute approximate surface area is 85.5 Å². The Morgan fingerprint density at radius 1 is 1.50 bits per heavy atom. The van der Waals surface area contributed by atoms with Crippen LogP contribution in [0.2, 0.25) is 0 Å². The topological polar surface area (TPSA) is 39.2 Å². The van der Waals surface area contributed by atoms with E-state index in [1.165, 1.54) is 12.8 Å². The molecule has 0 saturated heterocycles. The van der Waals surface area contributed by atoms with Crippen LogP contribution in [0.1, 0.15) is 50.0 Å². The van der Waals surface area contributed by atoms with Crippen molar-refractivity contribution in [2.45, 2.75) is 51.0 Å². The maximum absolute atomic E-state index is 6.05. The molecule has 2 rings (SSSR count). The van der Waals surface area contributed by atoms with Crippen LogP contribution in [0.15, 0.2) is 16.5 Å². The Bertz CT molecular complexity index is 312. The number of nitrogens with two attached hydrogens (primary N) is 1. The third-order valence-electron chi connectivity index (χ3n) is 3.21. The summed E-state index contributed by atoms with van der Waals surface area (Å²) in [6.45, 7) is 4.20. The largest absolute Gasteiger partial charge is 0.466 e. The van der Waals surface area contributed by atoms with Crippen molar-refractivity contribution >= 4 is 0 Å². The second kappa shape index (κ2) is 3.43. The van der Waals surface area contributed by atoms with Crippen molar-refractivity contribution in [1.82, 2.24) is 0 Å². The zero-order valence-electron chi connectivity index (χ0n) is 9.05. The molecule has 1 unspecified atom stereocenters. The molecule has 1 atom stereocenters. The molecule has 0 radical (unpaired) electrons. The smallest absolute Gasteiger partial charge is 0.106 e. The Kier molecular flexibility index (Phi) is 2.40. The van der Waals surface area contributed by atoms with Crippen molar-refractivity contribution in [3.63, 3.8) is 0 Å². The van der Waals surface area contributed by atoms with Gasteiger partial charge in [-0.1, -0.05) is 6.92 Å². The highest BCUT2D eigenvalue weighted by atomic mass is 16.3. The fourth-order valence-electron chi connectivity index (χ4n) is 1.78. The standard InChI is InChI=1S/C12H19NO/c1-9(5-6-12(13)7-8-12)11-4-3-10(2)14-11/h3-4,9H,5-8,13H2,1-2H3. The summed E-state index contributed by atoms with van der Waals surface area (Å²) in [7, 11) is 0. The monoisotopic (exact) mass is 193 g/mol. The summed E-state index contributed by atoms with van der Waals surface area (Å²) in [6.07, 6.45) is 4.69. The molecule has 0 aromatic carbocycles. The maximum Gasteiger partial charge on any atom is 0.106 e. The molecule has 0 aliphatic heterocycles. The van der Waals surface area contributed by atoms with Gasteiger partial charge in [-0.2, -0.15) is 0 Å². The van der Waals surface area contributed by atoms with Crippen molar-refractivity contribution in [2.24, 2.45) is 5.73 Å². The molecular weight excluding hydrogens is 174 g/mol. The van der Waals surface area contributed by atoms with E-state index in [9.17, 15) is 0 Å². The second-order valence-corrected chi connectivity index (χ2v) is 4.75. The van der Waals surface area contributed by atoms with Crippen molar-refractivity contribution in [3.8, 4) is 0 Å². The molecule has 1 fully saturated rings. The molecule has 0 amide bonds. The first-order valence-electron chi connectivity index (χ1n) is 5.44. The van der Waals surface area contributed by atoms with E-state index in [2.05, 4.69) is 13.0 Å². The number of hydrogen-bond acceptors (Lipinski definition) is 2. The van der Waals surface area contributed by atoms with Gasteiger partial charge in [0.2, 0.25) is 0 Å². The Balaban J connectivity index is 1.86. The van der Waals surface area contributed by atoms with E-state index < -0.39 is 0 Å². The first-order chi connectivity index (χ1) is 6.59. The van der Waals surface area contributed by atoms with Crippen molar-refractivity contribution in [1.29, 1.82) is 0 Å². The van der Waals surface area contributed by atoms with E-state index in [4.69, 9.17) is 10.2 Å². The van der Waals surface area contributed by atoms with Gasteiger partial charge in [-0.25, -0.2) is 0 Å². The normalized spacial score (nSPS) is 20.8. The summed E-state index contributed by atoms with van der Waals surface area (Å²) < 4.78 is 5.59. The number of hydrogen-bond donors (Lipinski definition) is 1. The lowest BCUT2D eigenvalue weighted by atomic mass is 9.99. The lowest BCUT2D eigenvalue weighted by Gasteiger charge is -2.12. The van der Waals surface area contributed by atoms with Gasteiger partial charge in [0.1, 0.15) is 11.5 Å². The van der Waals surface area contributed by atoms with Crippen molar-refractivity contribution < 1.29 is 4.42 Å². The van der Waals surface area contributed by atoms with Crippen molar-refractivity contribution in [2.75, 3.05) is 0 Å². The van der Waals surface area contributed by atoms with Crippen LogP contribution >= 0.6 is 0 Å². The van der Waals surface area contributed by atoms with Crippen LogP contribution in [-0.4, -0.2) is 5.54 Å². The van der Waals surface area contributed by atoms with E-state index >= 15 is 0 Å². The number of furan rings is 1. The van der Waals surface area contributed by atoms with Crippen LogP contribution in [0.4, 0.5) is 0 Å². The average Bonchev–Trinajstić information content (AvgIpc) is 2.71. The van der Waals surface area contributed by atoms with Gasteiger partial charge in [0.15, 0.2) is 0 Å². The Hall–Kier alpha value is -0.760. The van der Waals surface area contributed by atoms with Gasteiger partial charge in [0, 0.05) is 11.5 Å². The van der Waals surface area contributed by atoms with Crippen LogP contribution < -0.4 is 5.73 Å². The SMILES string of the molecule is Cc1ccc(C(C)CCC2(N)CC2)o1. The minimum atomic E-state index is 0.176. The van der Waals surface area contributed by atoms with Gasteiger partial charge in [-0.15, -0.1) is 0 Å². The molecule has 1 heterocycles. The van der Waals surface area contributed by atoms with E-state index in [0.717, 1.165) is 24.4 Å². The molecule has 1 aromatic heterocycles. The minimum Gasteiger partial charge on any atom is -0.466 e. The van der Waals surface area contributed by atoms with Gasteiger partial charge in [0.05, 0.1) is 0 Å². The average molecular weight is 193 g/mol. The highest BCUT2D eigenvalue weighted by Gasteiger charge is 2.37. The van der Waals surface area contributed by atoms with Crippen LogP contribution in [0, 0.1) is 6.92 Å². The summed E-state index contributed by atoms with van der Waals surface area (Å²) in [6, 6.07) is 4.11. The van der Waals surface area contributed by atoms with Crippen molar-refractivity contribution in [3.05, 3.63) is 23.7 Å². The Morgan fingerprint density at radius 2 is 2.21 bits per heavy atom. The highest BCUT2D eigenvalue weighted by Crippen LogP contribution is 2.39. The fourth-order valence-corrected chi connectivity index (χ4v) is 1.78. The van der Waals surface area contributed by atoms with Gasteiger partial charge >= 0.3 is 0 Å². The molecule has 78 valence electrons. The molecule has 14 heavy (non-hydrogen) atoms. The van der Waals surface area contributed by atoms with Gasteiger partial charge in [-0.3, -0.25) is 0 Å². The molecule has 2 heteroatoms. The predicted octanol–water partition coefficient (Wildman–Crippen LogP) is 2.96. The second-order valence-electron chi connectivity index (χ2n) is 4.75. The Morgan fingerprint density at radius 3 is 2.71 bits per heavy atom. The minimum absolute atomic E-state index is 0.176. The maximum atomic E-state index is 6.05. The lowest BCUT2D eigenvalue weighted by Crippen LogP contribution is -2.21. The van der Waals surface area contributed by atoms with Gasteiger partial charge in [-0.05, 0) is 44.7 Å². The zero-order chi connectivity index (χ0) is 10.2. The molecule has 1 aromatic rings. The zero-order valence-corrected chi connectivity index (χ0v) is 9.05. The van der Waals surface area contributed by atoms with E-state index in [1.807, 2.05) is 13.0 Å². The number of aryl methyl sites for hydroxylation is 1. The van der Waals surface area contributed by atoms with E-state index in [1.54, 1.807) is 0 Å². The molecular formula is C12H19NO. The highest BCUT2D eigenvalue weighted by molar-refractivity contribution is 5.10. The molecule has 1 aliphatic rings. The van der Waals surface area contributed by atoms with E-state index in [0.29, 0.717) is 5.92 Å². The third kappa shape index (κ3) is 2.18. The third-order valence-corrected chi connectivity index (χ3v) is 3.21. The summed E-state index contributed by atoms with van der Waals surface area (Å²) >= 11 is 0. The molecule has 2 nitrogen and oxygen atoms in total. The summed E-state index contributed by atoms with van der Waals surface area (Å²) in [5.41, 5.74) is 6.22. The molecule has 1 saturated carbocycles. The lowest BCUT2D eigenvalue weighted by molar-refractivity contribution is 0.424. The van der Waals surface area contributed by atoms with Crippen LogP contribution in [0.3, 0.4) is 0 Å². The number of rotatable bonds is 4. The first kappa shape index (κ1) is 9.78. The summed E-state index contributed by atoms with van der Waals surface area (Å²) in [5, 5.41) is 0. The molecule has 2 N–H and O–H groups in total. The van der Waals surface area contributed by atoms with Gasteiger partial charge in [0.25, 0.3) is 0 Å².